The van der Waals surface area contributed by atoms with Crippen molar-refractivity contribution < 1.29 is 16.8 Å². The average Bonchev–Trinajstić information content (AvgIpc) is 2.58. The van der Waals surface area contributed by atoms with Crippen LogP contribution in [-0.4, -0.2) is 16.8 Å². The van der Waals surface area contributed by atoms with Gasteiger partial charge < -0.3 is 0 Å². The minimum Gasteiger partial charge on any atom is -0.225 e. The molecule has 8 heteroatoms. The Kier molecular flexibility index (Phi) is 6.34. The van der Waals surface area contributed by atoms with Crippen LogP contribution in [0.2, 0.25) is 0 Å². The van der Waals surface area contributed by atoms with Crippen molar-refractivity contribution in [3.8, 4) is 0 Å². The van der Waals surface area contributed by atoms with Crippen LogP contribution >= 0.6 is 0 Å². The Labute approximate surface area is 149 Å². The lowest BCUT2D eigenvalue weighted by Crippen LogP contribution is -2.23. The van der Waals surface area contributed by atoms with Crippen LogP contribution in [-0.2, 0) is 33.0 Å². The van der Waals surface area contributed by atoms with Gasteiger partial charge in [-0.05, 0) is 48.2 Å². The Morgan fingerprint density at radius 1 is 0.840 bits per heavy atom. The number of unbranched alkanes of at least 4 members (excludes halogenated alkanes) is 1. The van der Waals surface area contributed by atoms with E-state index in [1.165, 1.54) is 24.3 Å². The summed E-state index contributed by atoms with van der Waals surface area (Å²) in [4.78, 5) is 0.190. The van der Waals surface area contributed by atoms with Gasteiger partial charge in [0.05, 0.1) is 9.79 Å². The van der Waals surface area contributed by atoms with Crippen LogP contribution in [0.15, 0.2) is 58.3 Å². The number of primary sulfonamides is 1. The number of sulfonamides is 2. The summed E-state index contributed by atoms with van der Waals surface area (Å²) < 4.78 is 49.6. The standard InChI is InChI=1S/C17H22N2O4S2/c1-2-3-4-14-5-11-17(12-6-14)25(22,23)19-13-15-7-9-16(10-8-15)24(18,20)21/h5-12,19H,2-4,13H2,1H3,(H2,18,20,21). The monoisotopic (exact) mass is 382 g/mol. The summed E-state index contributed by atoms with van der Waals surface area (Å²) in [6.45, 7) is 2.17. The topological polar surface area (TPSA) is 106 Å². The molecular weight excluding hydrogens is 360 g/mol. The summed E-state index contributed by atoms with van der Waals surface area (Å²) in [5.41, 5.74) is 1.75. The Morgan fingerprint density at radius 2 is 1.36 bits per heavy atom. The number of nitrogens with two attached hydrogens (primary N) is 1. The molecule has 2 rings (SSSR count). The maximum absolute atomic E-state index is 12.3. The van der Waals surface area contributed by atoms with E-state index in [9.17, 15) is 16.8 Å². The zero-order valence-electron chi connectivity index (χ0n) is 14.0. The van der Waals surface area contributed by atoms with Gasteiger partial charge in [-0.2, -0.15) is 0 Å². The summed E-state index contributed by atoms with van der Waals surface area (Å²) in [6, 6.07) is 12.6. The van der Waals surface area contributed by atoms with E-state index in [4.69, 9.17) is 5.14 Å². The van der Waals surface area contributed by atoms with Crippen molar-refractivity contribution >= 4 is 20.0 Å². The molecule has 0 radical (unpaired) electrons. The fourth-order valence-electron chi connectivity index (χ4n) is 2.27. The van der Waals surface area contributed by atoms with Gasteiger partial charge in [-0.1, -0.05) is 37.6 Å². The maximum atomic E-state index is 12.3. The average molecular weight is 383 g/mol. The fraction of sp³-hybridized carbons (Fsp3) is 0.294. The second kappa shape index (κ2) is 8.09. The van der Waals surface area contributed by atoms with Gasteiger partial charge in [-0.3, -0.25) is 0 Å². The van der Waals surface area contributed by atoms with Gasteiger partial charge in [-0.15, -0.1) is 0 Å². The molecule has 6 nitrogen and oxygen atoms in total. The minimum atomic E-state index is -3.76. The Morgan fingerprint density at radius 3 is 1.88 bits per heavy atom. The Hall–Kier alpha value is -1.74. The van der Waals surface area contributed by atoms with Gasteiger partial charge in [0.1, 0.15) is 0 Å². The van der Waals surface area contributed by atoms with Crippen molar-refractivity contribution in [2.45, 2.75) is 42.5 Å². The molecule has 2 aromatic rings. The van der Waals surface area contributed by atoms with Crippen molar-refractivity contribution in [3.63, 3.8) is 0 Å². The highest BCUT2D eigenvalue weighted by atomic mass is 32.2. The fourth-order valence-corrected chi connectivity index (χ4v) is 3.81. The zero-order chi connectivity index (χ0) is 18.5. The van der Waals surface area contributed by atoms with E-state index in [1.807, 2.05) is 12.1 Å². The van der Waals surface area contributed by atoms with Crippen molar-refractivity contribution in [1.82, 2.24) is 4.72 Å². The van der Waals surface area contributed by atoms with Crippen LogP contribution in [0, 0.1) is 0 Å². The molecule has 3 N–H and O–H groups in total. The number of rotatable bonds is 8. The third kappa shape index (κ3) is 5.64. The molecule has 0 saturated heterocycles. The molecule has 0 heterocycles. The van der Waals surface area contributed by atoms with E-state index in [-0.39, 0.29) is 16.3 Å². The highest BCUT2D eigenvalue weighted by molar-refractivity contribution is 7.89. The normalized spacial score (nSPS) is 12.2. The van der Waals surface area contributed by atoms with Gasteiger partial charge in [0.2, 0.25) is 20.0 Å². The highest BCUT2D eigenvalue weighted by Gasteiger charge is 2.14. The second-order valence-electron chi connectivity index (χ2n) is 5.76. The van der Waals surface area contributed by atoms with Gasteiger partial charge >= 0.3 is 0 Å². The zero-order valence-corrected chi connectivity index (χ0v) is 15.6. The molecule has 136 valence electrons. The Bertz CT molecular complexity index is 904. The van der Waals surface area contributed by atoms with Crippen LogP contribution in [0.5, 0.6) is 0 Å². The van der Waals surface area contributed by atoms with Crippen LogP contribution < -0.4 is 9.86 Å². The summed E-state index contributed by atoms with van der Waals surface area (Å²) in [5, 5.41) is 5.03. The lowest BCUT2D eigenvalue weighted by atomic mass is 10.1. The molecule has 0 unspecified atom stereocenters. The van der Waals surface area contributed by atoms with Crippen molar-refractivity contribution in [3.05, 3.63) is 59.7 Å². The van der Waals surface area contributed by atoms with E-state index in [1.54, 1.807) is 12.1 Å². The Balaban J connectivity index is 2.03. The third-order valence-electron chi connectivity index (χ3n) is 3.77. The van der Waals surface area contributed by atoms with Crippen LogP contribution in [0.4, 0.5) is 0 Å². The second-order valence-corrected chi connectivity index (χ2v) is 9.09. The van der Waals surface area contributed by atoms with Crippen molar-refractivity contribution in [1.29, 1.82) is 0 Å². The summed E-state index contributed by atoms with van der Waals surface area (Å²) in [6.07, 6.45) is 3.09. The molecule has 25 heavy (non-hydrogen) atoms. The molecule has 0 aliphatic carbocycles. The number of hydrogen-bond acceptors (Lipinski definition) is 4. The largest absolute Gasteiger partial charge is 0.240 e. The van der Waals surface area contributed by atoms with Gasteiger partial charge in [0, 0.05) is 6.54 Å². The van der Waals surface area contributed by atoms with E-state index in [0.717, 1.165) is 24.8 Å². The van der Waals surface area contributed by atoms with Crippen LogP contribution in [0.25, 0.3) is 0 Å². The molecule has 0 amide bonds. The molecule has 0 bridgehead atoms. The third-order valence-corrected chi connectivity index (χ3v) is 6.12. The van der Waals surface area contributed by atoms with E-state index in [2.05, 4.69) is 11.6 Å². The predicted octanol–water partition coefficient (Wildman–Crippen LogP) is 2.16. The van der Waals surface area contributed by atoms with Crippen LogP contribution in [0.3, 0.4) is 0 Å². The molecule has 0 atom stereocenters. The SMILES string of the molecule is CCCCc1ccc(S(=O)(=O)NCc2ccc(S(N)(=O)=O)cc2)cc1. The molecule has 0 aromatic heterocycles. The molecular formula is C17H22N2O4S2. The molecule has 0 saturated carbocycles. The first-order valence-corrected chi connectivity index (χ1v) is 11.0. The quantitative estimate of drug-likeness (QED) is 0.729. The van der Waals surface area contributed by atoms with Gasteiger partial charge in [0.25, 0.3) is 0 Å². The minimum absolute atomic E-state index is 0.0122. The molecule has 0 spiro atoms. The summed E-state index contributed by atoms with van der Waals surface area (Å²) >= 11 is 0. The molecule has 2 aromatic carbocycles. The predicted molar refractivity (Wildman–Crippen MR) is 96.9 cm³/mol. The summed E-state index contributed by atoms with van der Waals surface area (Å²) in [5.74, 6) is 0. The van der Waals surface area contributed by atoms with E-state index in [0.29, 0.717) is 5.56 Å². The summed E-state index contributed by atoms with van der Waals surface area (Å²) in [7, 11) is -7.38. The van der Waals surface area contributed by atoms with Gasteiger partial charge in [-0.25, -0.2) is 26.7 Å². The maximum Gasteiger partial charge on any atom is 0.240 e. The van der Waals surface area contributed by atoms with Crippen molar-refractivity contribution in [2.75, 3.05) is 0 Å². The van der Waals surface area contributed by atoms with E-state index < -0.39 is 20.0 Å². The first-order valence-electron chi connectivity index (χ1n) is 7.93. The smallest absolute Gasteiger partial charge is 0.225 e. The van der Waals surface area contributed by atoms with E-state index >= 15 is 0 Å². The molecule has 0 aliphatic rings. The van der Waals surface area contributed by atoms with Crippen molar-refractivity contribution in [2.24, 2.45) is 5.14 Å². The number of nitrogens with one attached hydrogen (secondary N) is 1. The first kappa shape index (κ1) is 19.6. The number of benzene rings is 2. The highest BCUT2D eigenvalue weighted by Crippen LogP contribution is 2.14. The lowest BCUT2D eigenvalue weighted by Gasteiger charge is -2.08. The molecule has 0 aliphatic heterocycles. The lowest BCUT2D eigenvalue weighted by molar-refractivity contribution is 0.581. The number of hydrogen-bond donors (Lipinski definition) is 2. The van der Waals surface area contributed by atoms with Crippen LogP contribution in [0.1, 0.15) is 30.9 Å². The first-order chi connectivity index (χ1) is 11.7. The molecule has 0 fully saturated rings. The van der Waals surface area contributed by atoms with Gasteiger partial charge in [0.15, 0.2) is 0 Å². The number of aryl methyl sites for hydroxylation is 1.